The lowest BCUT2D eigenvalue weighted by Crippen LogP contribution is -2.68. The number of likely N-dealkylation sites (N-methyl/N-ethyl adjacent to an activating group) is 1. The Bertz CT molecular complexity index is 1290. The molecule has 3 fully saturated rings. The van der Waals surface area contributed by atoms with E-state index in [0.29, 0.717) is 37.7 Å². The molecule has 2 aromatic rings. The average molecular weight is 480 g/mol. The minimum absolute atomic E-state index is 0.0141. The maximum Gasteiger partial charge on any atom is 0.158 e. The van der Waals surface area contributed by atoms with Crippen molar-refractivity contribution in [2.45, 2.75) is 80.6 Å². The number of nitrogens with zero attached hydrogens (tertiary/aromatic N) is 2. The number of H-pyrrole nitrogens is 1. The van der Waals surface area contributed by atoms with Crippen LogP contribution >= 0.6 is 0 Å². The minimum Gasteiger partial charge on any atom is -0.388 e. The molecule has 186 valence electrons. The summed E-state index contributed by atoms with van der Waals surface area (Å²) in [6.07, 6.45) is 7.49. The lowest BCUT2D eigenvalue weighted by atomic mass is 9.53. The van der Waals surface area contributed by atoms with Crippen LogP contribution in [-0.4, -0.2) is 74.5 Å². The third kappa shape index (κ3) is 2.60. The predicted octanol–water partition coefficient (Wildman–Crippen LogP) is 3.76. The predicted molar refractivity (Wildman–Crippen MR) is 131 cm³/mol. The summed E-state index contributed by atoms with van der Waals surface area (Å²) in [7, 11) is 3.83. The zero-order valence-corrected chi connectivity index (χ0v) is 20.6. The fraction of sp³-hybridized carbons (Fsp3) is 0.607. The topological polar surface area (TPSA) is 81.6 Å². The molecule has 7 rings (SSSR count). The highest BCUT2D eigenvalue weighted by Crippen LogP contribution is 2.71. The summed E-state index contributed by atoms with van der Waals surface area (Å²) in [5.74, 6) is 0.0141. The van der Waals surface area contributed by atoms with Crippen LogP contribution in [0.15, 0.2) is 42.1 Å². The first-order chi connectivity index (χ1) is 16.6. The molecule has 3 N–H and O–H groups in total. The Hall–Kier alpha value is -2.06. The van der Waals surface area contributed by atoms with Crippen molar-refractivity contribution in [1.29, 1.82) is 0 Å². The van der Waals surface area contributed by atoms with Crippen molar-refractivity contribution in [2.75, 3.05) is 14.1 Å². The van der Waals surface area contributed by atoms with Gasteiger partial charge in [0.05, 0.1) is 23.4 Å². The van der Waals surface area contributed by atoms with Gasteiger partial charge in [0.2, 0.25) is 0 Å². The van der Waals surface area contributed by atoms with Gasteiger partial charge in [0.1, 0.15) is 11.7 Å². The van der Waals surface area contributed by atoms with Crippen LogP contribution in [0.3, 0.4) is 0 Å². The van der Waals surface area contributed by atoms with Gasteiger partial charge in [-0.2, -0.15) is 5.10 Å². The van der Waals surface area contributed by atoms with Crippen LogP contribution in [0.25, 0.3) is 16.5 Å². The van der Waals surface area contributed by atoms with Gasteiger partial charge in [-0.1, -0.05) is 25.1 Å². The first-order valence-electron chi connectivity index (χ1n) is 12.9. The lowest BCUT2D eigenvalue weighted by Gasteiger charge is -2.60. The standard InChI is InChI=1S/C28H34FN3O3/c1-25-8-10-27(29)13-19-23(33)24(34)21(32(2)3)14-26(19)9-11-28(27,35-26)22(25)7-6-18(25)16-4-5-17-15-30-31-20(17)12-16/h4-6,12-13,15,21-24,33-34H,7-11,14H2,1-3H3,(H,30,31)/t21-,22?,23+,24+,25+,26+,27?,28-/m0/s1. The summed E-state index contributed by atoms with van der Waals surface area (Å²) in [6.45, 7) is 2.29. The van der Waals surface area contributed by atoms with Gasteiger partial charge in [0, 0.05) is 17.3 Å². The van der Waals surface area contributed by atoms with Crippen LogP contribution in [0.2, 0.25) is 0 Å². The Morgan fingerprint density at radius 1 is 1.17 bits per heavy atom. The largest absolute Gasteiger partial charge is 0.388 e. The number of aliphatic hydroxyl groups excluding tert-OH is 2. The number of rotatable bonds is 2. The van der Waals surface area contributed by atoms with Gasteiger partial charge in [-0.25, -0.2) is 4.39 Å². The number of ether oxygens (including phenoxy) is 1. The Morgan fingerprint density at radius 3 is 2.80 bits per heavy atom. The molecule has 5 aliphatic rings. The lowest BCUT2D eigenvalue weighted by molar-refractivity contribution is -0.239. The highest BCUT2D eigenvalue weighted by atomic mass is 19.1. The molecule has 0 amide bonds. The highest BCUT2D eigenvalue weighted by Gasteiger charge is 2.74. The van der Waals surface area contributed by atoms with E-state index < -0.39 is 29.1 Å². The summed E-state index contributed by atoms with van der Waals surface area (Å²) in [4.78, 5) is 1.96. The van der Waals surface area contributed by atoms with Crippen LogP contribution in [0.5, 0.6) is 0 Å². The third-order valence-corrected chi connectivity index (χ3v) is 10.4. The molecule has 2 bridgehead atoms. The highest BCUT2D eigenvalue weighted by molar-refractivity contribution is 5.84. The van der Waals surface area contributed by atoms with Gasteiger partial charge in [-0.05, 0) is 86.9 Å². The first kappa shape index (κ1) is 22.2. The molecule has 35 heavy (non-hydrogen) atoms. The van der Waals surface area contributed by atoms with Gasteiger partial charge >= 0.3 is 0 Å². The number of nitrogens with one attached hydrogen (secondary N) is 1. The van der Waals surface area contributed by atoms with Crippen LogP contribution in [-0.2, 0) is 4.74 Å². The number of aliphatic hydroxyl groups is 2. The molecule has 3 heterocycles. The molecule has 2 aliphatic heterocycles. The van der Waals surface area contributed by atoms with E-state index >= 15 is 4.39 Å². The van der Waals surface area contributed by atoms with Crippen molar-refractivity contribution >= 4 is 16.5 Å². The fourth-order valence-electron chi connectivity index (χ4n) is 8.53. The summed E-state index contributed by atoms with van der Waals surface area (Å²) in [5, 5.41) is 30.3. The molecule has 2 saturated carbocycles. The molecule has 1 aromatic carbocycles. The normalized spacial score (nSPS) is 46.3. The van der Waals surface area contributed by atoms with E-state index in [2.05, 4.69) is 41.4 Å². The Kier molecular flexibility index (Phi) is 4.32. The molecule has 6 nitrogen and oxygen atoms in total. The fourth-order valence-corrected chi connectivity index (χ4v) is 8.53. The molecule has 2 spiro atoms. The van der Waals surface area contributed by atoms with Gasteiger partial charge in [-0.15, -0.1) is 0 Å². The van der Waals surface area contributed by atoms with E-state index in [1.165, 1.54) is 5.57 Å². The van der Waals surface area contributed by atoms with Crippen molar-refractivity contribution in [3.63, 3.8) is 0 Å². The summed E-state index contributed by atoms with van der Waals surface area (Å²) in [6, 6.07) is 6.17. The zero-order chi connectivity index (χ0) is 24.4. The molecular formula is C28H34FN3O3. The SMILES string of the molecule is CN(C)[C@H]1C[C@@]23CC[C@]4(O2)C2CC=C(c5ccc6cn[nH]c6c5)[C@@]2(C)CCC4(F)C=C3[C@@H](O)[C@@H]1O. The van der Waals surface area contributed by atoms with E-state index in [-0.39, 0.29) is 17.4 Å². The maximum atomic E-state index is 17.1. The summed E-state index contributed by atoms with van der Waals surface area (Å²) < 4.78 is 24.1. The van der Waals surface area contributed by atoms with E-state index in [1.807, 2.05) is 25.2 Å². The summed E-state index contributed by atoms with van der Waals surface area (Å²) in [5.41, 5.74) is 0.548. The number of hydrogen-bond acceptors (Lipinski definition) is 5. The van der Waals surface area contributed by atoms with Gasteiger partial charge in [-0.3, -0.25) is 5.10 Å². The van der Waals surface area contributed by atoms with Crippen LogP contribution in [0.4, 0.5) is 4.39 Å². The second kappa shape index (κ2) is 6.82. The second-order valence-corrected chi connectivity index (χ2v) is 12.1. The Balaban J connectivity index is 1.31. The minimum atomic E-state index is -1.64. The van der Waals surface area contributed by atoms with Crippen LogP contribution in [0, 0.1) is 11.3 Å². The van der Waals surface area contributed by atoms with E-state index in [0.717, 1.165) is 22.9 Å². The van der Waals surface area contributed by atoms with Crippen molar-refractivity contribution in [1.82, 2.24) is 15.1 Å². The molecule has 1 aromatic heterocycles. The van der Waals surface area contributed by atoms with Gasteiger partial charge in [0.15, 0.2) is 5.67 Å². The Labute approximate surface area is 204 Å². The van der Waals surface area contributed by atoms with Gasteiger partial charge in [0.25, 0.3) is 0 Å². The molecule has 0 radical (unpaired) electrons. The van der Waals surface area contributed by atoms with Crippen LogP contribution < -0.4 is 0 Å². The number of allylic oxidation sites excluding steroid dienone is 2. The number of halogens is 1. The number of benzene rings is 1. The molecule has 8 atom stereocenters. The first-order valence-corrected chi connectivity index (χ1v) is 12.9. The Morgan fingerprint density at radius 2 is 2.00 bits per heavy atom. The second-order valence-electron chi connectivity index (χ2n) is 12.1. The van der Waals surface area contributed by atoms with Crippen LogP contribution in [0.1, 0.15) is 51.0 Å². The molecule has 7 heteroatoms. The van der Waals surface area contributed by atoms with E-state index in [4.69, 9.17) is 4.74 Å². The smallest absolute Gasteiger partial charge is 0.158 e. The van der Waals surface area contributed by atoms with Crippen molar-refractivity contribution in [3.05, 3.63) is 47.7 Å². The molecule has 1 saturated heterocycles. The molecule has 3 aliphatic carbocycles. The third-order valence-electron chi connectivity index (χ3n) is 10.4. The zero-order valence-electron chi connectivity index (χ0n) is 20.6. The number of aromatic nitrogens is 2. The average Bonchev–Trinajstić information content (AvgIpc) is 3.52. The quantitative estimate of drug-likeness (QED) is 0.572. The van der Waals surface area contributed by atoms with E-state index in [1.54, 1.807) is 6.08 Å². The maximum absolute atomic E-state index is 17.1. The number of alkyl halides is 1. The van der Waals surface area contributed by atoms with E-state index in [9.17, 15) is 10.2 Å². The number of aromatic amines is 1. The summed E-state index contributed by atoms with van der Waals surface area (Å²) >= 11 is 0. The molecule has 2 unspecified atom stereocenters. The number of hydrogen-bond donors (Lipinski definition) is 3. The monoisotopic (exact) mass is 479 g/mol. The van der Waals surface area contributed by atoms with Crippen molar-refractivity contribution in [2.24, 2.45) is 11.3 Å². The van der Waals surface area contributed by atoms with Gasteiger partial charge < -0.3 is 19.8 Å². The number of fused-ring (bicyclic) bond motifs is 2. The van der Waals surface area contributed by atoms with Crippen molar-refractivity contribution < 1.29 is 19.3 Å². The molecular weight excluding hydrogens is 445 g/mol. The van der Waals surface area contributed by atoms with Crippen molar-refractivity contribution in [3.8, 4) is 0 Å².